The van der Waals surface area contributed by atoms with Crippen LogP contribution in [0.4, 0.5) is 0 Å². The lowest BCUT2D eigenvalue weighted by molar-refractivity contribution is 0.0999. The van der Waals surface area contributed by atoms with Crippen molar-refractivity contribution in [3.63, 3.8) is 0 Å². The Bertz CT molecular complexity index is 842. The summed E-state index contributed by atoms with van der Waals surface area (Å²) in [7, 11) is 4.47. The van der Waals surface area contributed by atoms with Crippen LogP contribution >= 0.6 is 23.2 Å². The molecular formula is C20H21Cl2NO4. The Balaban J connectivity index is 2.23. The van der Waals surface area contributed by atoms with E-state index in [-0.39, 0.29) is 23.8 Å². The highest BCUT2D eigenvalue weighted by Crippen LogP contribution is 2.38. The van der Waals surface area contributed by atoms with Gasteiger partial charge in [-0.25, -0.2) is 0 Å². The first kappa shape index (κ1) is 21.1. The van der Waals surface area contributed by atoms with Crippen molar-refractivity contribution in [2.75, 3.05) is 21.3 Å². The molecule has 0 aliphatic heterocycles. The first-order valence-corrected chi connectivity index (χ1v) is 8.93. The molecule has 0 fully saturated rings. The number of benzene rings is 2. The third kappa shape index (κ3) is 4.73. The van der Waals surface area contributed by atoms with Crippen molar-refractivity contribution >= 4 is 34.7 Å². The highest BCUT2D eigenvalue weighted by atomic mass is 35.5. The van der Waals surface area contributed by atoms with Crippen molar-refractivity contribution < 1.29 is 19.0 Å². The number of methoxy groups -OCH3 is 3. The topological polar surface area (TPSA) is 68.6 Å². The van der Waals surface area contributed by atoms with Gasteiger partial charge in [0.05, 0.1) is 31.4 Å². The second-order valence-electron chi connectivity index (χ2n) is 5.93. The zero-order valence-corrected chi connectivity index (χ0v) is 17.1. The minimum Gasteiger partial charge on any atom is -0.493 e. The molecule has 1 unspecified atom stereocenters. The molecule has 0 radical (unpaired) electrons. The molecule has 27 heavy (non-hydrogen) atoms. The third-order valence-electron chi connectivity index (χ3n) is 4.30. The first-order chi connectivity index (χ1) is 12.8. The molecule has 5 nitrogen and oxygen atoms in total. The van der Waals surface area contributed by atoms with Crippen LogP contribution in [0.2, 0.25) is 10.0 Å². The molecule has 144 valence electrons. The summed E-state index contributed by atoms with van der Waals surface area (Å²) in [4.78, 5) is 12.7. The number of nitrogens with one attached hydrogen (secondary N) is 1. The van der Waals surface area contributed by atoms with E-state index < -0.39 is 0 Å². The SMILES string of the molecule is COc1cc(C(=O)CC(=N)C(C)c2ccc(Cl)c(Cl)c2)cc(OC)c1OC. The Morgan fingerprint density at radius 2 is 1.59 bits per heavy atom. The smallest absolute Gasteiger partial charge is 0.203 e. The van der Waals surface area contributed by atoms with Gasteiger partial charge in [-0.05, 0) is 29.8 Å². The molecule has 0 saturated heterocycles. The molecule has 0 bridgehead atoms. The minimum atomic E-state index is -0.272. The van der Waals surface area contributed by atoms with E-state index in [1.165, 1.54) is 21.3 Å². The monoisotopic (exact) mass is 409 g/mol. The maximum atomic E-state index is 12.7. The average molecular weight is 410 g/mol. The van der Waals surface area contributed by atoms with Crippen molar-refractivity contribution in [1.29, 1.82) is 5.41 Å². The Morgan fingerprint density at radius 3 is 2.07 bits per heavy atom. The van der Waals surface area contributed by atoms with Gasteiger partial charge >= 0.3 is 0 Å². The number of carbonyl (C=O) groups excluding carboxylic acids is 1. The van der Waals surface area contributed by atoms with E-state index in [1.807, 2.05) is 6.92 Å². The van der Waals surface area contributed by atoms with Gasteiger partial charge in [-0.1, -0.05) is 36.2 Å². The van der Waals surface area contributed by atoms with Crippen LogP contribution in [0, 0.1) is 5.41 Å². The normalized spacial score (nSPS) is 11.6. The van der Waals surface area contributed by atoms with Gasteiger partial charge in [0.2, 0.25) is 5.75 Å². The van der Waals surface area contributed by atoms with Crippen LogP contribution in [0.5, 0.6) is 17.2 Å². The minimum absolute atomic E-state index is 0.0416. The highest BCUT2D eigenvalue weighted by Gasteiger charge is 2.20. The van der Waals surface area contributed by atoms with Gasteiger partial charge < -0.3 is 19.6 Å². The summed E-state index contributed by atoms with van der Waals surface area (Å²) < 4.78 is 15.8. The van der Waals surface area contributed by atoms with E-state index in [2.05, 4.69) is 0 Å². The fraction of sp³-hybridized carbons (Fsp3) is 0.300. The Kier molecular flexibility index (Phi) is 7.11. The molecule has 1 atom stereocenters. The van der Waals surface area contributed by atoms with Crippen LogP contribution in [0.15, 0.2) is 30.3 Å². The first-order valence-electron chi connectivity index (χ1n) is 8.17. The summed E-state index contributed by atoms with van der Waals surface area (Å²) >= 11 is 12.0. The van der Waals surface area contributed by atoms with Gasteiger partial charge in [0.1, 0.15) is 0 Å². The zero-order chi connectivity index (χ0) is 20.1. The summed E-state index contributed by atoms with van der Waals surface area (Å²) in [6.07, 6.45) is -0.0416. The molecule has 2 aromatic carbocycles. The lowest BCUT2D eigenvalue weighted by atomic mass is 9.91. The number of ether oxygens (including phenoxy) is 3. The standard InChI is InChI=1S/C20H21Cl2NO4/c1-11(12-5-6-14(21)15(22)7-12)16(23)10-17(24)13-8-18(25-2)20(27-4)19(9-13)26-3/h5-9,11,23H,10H2,1-4H3. The third-order valence-corrected chi connectivity index (χ3v) is 5.04. The summed E-state index contributed by atoms with van der Waals surface area (Å²) in [6, 6.07) is 8.37. The molecular weight excluding hydrogens is 389 g/mol. The Labute approximate surface area is 168 Å². The van der Waals surface area contributed by atoms with Crippen molar-refractivity contribution in [2.24, 2.45) is 0 Å². The van der Waals surface area contributed by atoms with Gasteiger partial charge in [-0.3, -0.25) is 4.79 Å². The van der Waals surface area contributed by atoms with Gasteiger partial charge in [0.15, 0.2) is 17.3 Å². The number of carbonyl (C=O) groups is 1. The number of Topliss-reactive ketones (excluding diaryl/α,β-unsaturated/α-hetero) is 1. The molecule has 1 N–H and O–H groups in total. The van der Waals surface area contributed by atoms with Crippen molar-refractivity contribution in [2.45, 2.75) is 19.3 Å². The number of halogens is 2. The van der Waals surface area contributed by atoms with Crippen LogP contribution < -0.4 is 14.2 Å². The molecule has 0 spiro atoms. The molecule has 2 aromatic rings. The molecule has 0 aliphatic rings. The van der Waals surface area contributed by atoms with E-state index in [1.54, 1.807) is 30.3 Å². The Hall–Kier alpha value is -2.24. The lowest BCUT2D eigenvalue weighted by Gasteiger charge is -2.16. The highest BCUT2D eigenvalue weighted by molar-refractivity contribution is 6.42. The number of hydrogen-bond donors (Lipinski definition) is 1. The van der Waals surface area contributed by atoms with Crippen LogP contribution in [0.3, 0.4) is 0 Å². The predicted octanol–water partition coefficient (Wildman–Crippen LogP) is 5.42. The van der Waals surface area contributed by atoms with E-state index in [0.29, 0.717) is 32.9 Å². The molecule has 2 rings (SSSR count). The van der Waals surface area contributed by atoms with Crippen molar-refractivity contribution in [3.8, 4) is 17.2 Å². The maximum Gasteiger partial charge on any atom is 0.203 e. The van der Waals surface area contributed by atoms with Crippen LogP contribution in [0.1, 0.15) is 35.2 Å². The zero-order valence-electron chi connectivity index (χ0n) is 15.6. The van der Waals surface area contributed by atoms with E-state index >= 15 is 0 Å². The largest absolute Gasteiger partial charge is 0.493 e. The lowest BCUT2D eigenvalue weighted by Crippen LogP contribution is -2.14. The van der Waals surface area contributed by atoms with E-state index in [0.717, 1.165) is 5.56 Å². The molecule has 7 heteroatoms. The molecule has 0 amide bonds. The molecule has 0 aromatic heterocycles. The number of hydrogen-bond acceptors (Lipinski definition) is 5. The van der Waals surface area contributed by atoms with E-state index in [9.17, 15) is 4.79 Å². The van der Waals surface area contributed by atoms with Gasteiger partial charge in [-0.15, -0.1) is 0 Å². The summed E-state index contributed by atoms with van der Waals surface area (Å²) in [5, 5.41) is 9.20. The molecule has 0 aliphatic carbocycles. The summed E-state index contributed by atoms with van der Waals surface area (Å²) in [5.74, 6) is 0.709. The van der Waals surface area contributed by atoms with Crippen LogP contribution in [-0.4, -0.2) is 32.8 Å². The molecule has 0 heterocycles. The van der Waals surface area contributed by atoms with Crippen molar-refractivity contribution in [1.82, 2.24) is 0 Å². The predicted molar refractivity (Wildman–Crippen MR) is 108 cm³/mol. The summed E-state index contributed by atoms with van der Waals surface area (Å²) in [5.41, 5.74) is 1.48. The fourth-order valence-electron chi connectivity index (χ4n) is 2.65. The fourth-order valence-corrected chi connectivity index (χ4v) is 2.96. The molecule has 0 saturated carbocycles. The summed E-state index contributed by atoms with van der Waals surface area (Å²) in [6.45, 7) is 1.85. The maximum absolute atomic E-state index is 12.7. The average Bonchev–Trinajstić information content (AvgIpc) is 2.67. The van der Waals surface area contributed by atoms with E-state index in [4.69, 9.17) is 42.8 Å². The Morgan fingerprint density at radius 1 is 1.00 bits per heavy atom. The van der Waals surface area contributed by atoms with Crippen LogP contribution in [0.25, 0.3) is 0 Å². The number of ketones is 1. The van der Waals surface area contributed by atoms with Gasteiger partial charge in [-0.2, -0.15) is 0 Å². The quantitative estimate of drug-likeness (QED) is 0.466. The van der Waals surface area contributed by atoms with Gasteiger partial charge in [0.25, 0.3) is 0 Å². The number of rotatable bonds is 8. The second-order valence-corrected chi connectivity index (χ2v) is 6.75. The second kappa shape index (κ2) is 9.11. The van der Waals surface area contributed by atoms with Crippen LogP contribution in [-0.2, 0) is 0 Å². The van der Waals surface area contributed by atoms with Gasteiger partial charge in [0, 0.05) is 23.6 Å². The van der Waals surface area contributed by atoms with Crippen molar-refractivity contribution in [3.05, 3.63) is 51.5 Å².